The molecule has 1 saturated carbocycles. The van der Waals surface area contributed by atoms with Gasteiger partial charge in [-0.15, -0.1) is 0 Å². The third kappa shape index (κ3) is 3.03. The Kier molecular flexibility index (Phi) is 4.03. The zero-order valence-electron chi connectivity index (χ0n) is 11.5. The molecule has 3 nitrogen and oxygen atoms in total. The Morgan fingerprint density at radius 3 is 2.53 bits per heavy atom. The number of carbonyl (C=O) groups excluding carboxylic acids is 1. The molecule has 0 unspecified atom stereocenters. The van der Waals surface area contributed by atoms with Gasteiger partial charge in [0, 0.05) is 11.5 Å². The van der Waals surface area contributed by atoms with Crippen LogP contribution in [0.4, 0.5) is 0 Å². The number of ketones is 1. The van der Waals surface area contributed by atoms with Gasteiger partial charge in [0.2, 0.25) is 0 Å². The molecule has 19 heavy (non-hydrogen) atoms. The number of aliphatic carboxylic acids is 1. The van der Waals surface area contributed by atoms with Crippen LogP contribution in [0.15, 0.2) is 18.2 Å². The van der Waals surface area contributed by atoms with Crippen LogP contribution in [-0.4, -0.2) is 16.9 Å². The molecule has 0 aromatic heterocycles. The molecule has 1 fully saturated rings. The van der Waals surface area contributed by atoms with Crippen LogP contribution in [0.5, 0.6) is 0 Å². The van der Waals surface area contributed by atoms with Gasteiger partial charge in [0.15, 0.2) is 5.78 Å². The number of hydrogen-bond donors (Lipinski definition) is 1. The lowest BCUT2D eigenvalue weighted by molar-refractivity contribution is -0.143. The summed E-state index contributed by atoms with van der Waals surface area (Å²) >= 11 is 0. The van der Waals surface area contributed by atoms with E-state index in [1.165, 1.54) is 0 Å². The molecule has 2 atom stereocenters. The van der Waals surface area contributed by atoms with Crippen molar-refractivity contribution in [3.05, 3.63) is 34.9 Å². The molecular formula is C16H20O3. The maximum Gasteiger partial charge on any atom is 0.306 e. The van der Waals surface area contributed by atoms with Gasteiger partial charge in [-0.1, -0.05) is 24.1 Å². The van der Waals surface area contributed by atoms with Gasteiger partial charge >= 0.3 is 5.97 Å². The molecule has 0 heterocycles. The second-order valence-corrected chi connectivity index (χ2v) is 5.58. The van der Waals surface area contributed by atoms with Crippen LogP contribution in [0.25, 0.3) is 0 Å². The number of hydrogen-bond acceptors (Lipinski definition) is 2. The Labute approximate surface area is 113 Å². The topological polar surface area (TPSA) is 54.4 Å². The number of benzene rings is 1. The van der Waals surface area contributed by atoms with Crippen molar-refractivity contribution >= 4 is 11.8 Å². The molecule has 0 saturated heterocycles. The molecule has 1 aliphatic rings. The van der Waals surface area contributed by atoms with E-state index in [9.17, 15) is 9.59 Å². The summed E-state index contributed by atoms with van der Waals surface area (Å²) in [4.78, 5) is 23.6. The van der Waals surface area contributed by atoms with Crippen molar-refractivity contribution in [2.45, 2.75) is 39.5 Å². The first kappa shape index (κ1) is 13.8. The number of carboxylic acids is 1. The van der Waals surface area contributed by atoms with Gasteiger partial charge in [0.1, 0.15) is 0 Å². The predicted molar refractivity (Wildman–Crippen MR) is 73.3 cm³/mol. The third-order valence-electron chi connectivity index (χ3n) is 4.05. The number of rotatable bonds is 3. The lowest BCUT2D eigenvalue weighted by Gasteiger charge is -2.26. The molecule has 0 spiro atoms. The normalized spacial score (nSPS) is 23.1. The summed E-state index contributed by atoms with van der Waals surface area (Å²) in [6.07, 6.45) is 2.84. The Hall–Kier alpha value is -1.64. The van der Waals surface area contributed by atoms with Crippen LogP contribution in [0.2, 0.25) is 0 Å². The second kappa shape index (κ2) is 5.55. The minimum Gasteiger partial charge on any atom is -0.481 e. The van der Waals surface area contributed by atoms with Crippen LogP contribution in [0.3, 0.4) is 0 Å². The van der Waals surface area contributed by atoms with Gasteiger partial charge in [0.25, 0.3) is 0 Å². The Bertz CT molecular complexity index is 505. The van der Waals surface area contributed by atoms with E-state index in [0.717, 1.165) is 29.5 Å². The van der Waals surface area contributed by atoms with Gasteiger partial charge in [-0.3, -0.25) is 9.59 Å². The number of aryl methyl sites for hydroxylation is 2. The smallest absolute Gasteiger partial charge is 0.306 e. The van der Waals surface area contributed by atoms with Gasteiger partial charge in [-0.2, -0.15) is 0 Å². The maximum absolute atomic E-state index is 12.5. The van der Waals surface area contributed by atoms with Gasteiger partial charge < -0.3 is 5.11 Å². The standard InChI is InChI=1S/C16H20O3/c1-10-6-7-11(2)14(8-10)15(17)12-4-3-5-13(9-12)16(18)19/h6-8,12-13H,3-5,9H2,1-2H3,(H,18,19)/t12-,13+/m1/s1. The van der Waals surface area contributed by atoms with Crippen molar-refractivity contribution in [1.29, 1.82) is 0 Å². The van der Waals surface area contributed by atoms with Crippen LogP contribution in [-0.2, 0) is 4.79 Å². The van der Waals surface area contributed by atoms with Crippen LogP contribution >= 0.6 is 0 Å². The van der Waals surface area contributed by atoms with Crippen molar-refractivity contribution in [1.82, 2.24) is 0 Å². The summed E-state index contributed by atoms with van der Waals surface area (Å²) in [6.45, 7) is 3.90. The van der Waals surface area contributed by atoms with Crippen molar-refractivity contribution in [3.8, 4) is 0 Å². The summed E-state index contributed by atoms with van der Waals surface area (Å²) in [6, 6.07) is 5.87. The number of carbonyl (C=O) groups is 2. The average molecular weight is 260 g/mol. The van der Waals surface area contributed by atoms with E-state index in [1.54, 1.807) is 0 Å². The lowest BCUT2D eigenvalue weighted by Crippen LogP contribution is -2.27. The van der Waals surface area contributed by atoms with E-state index in [-0.39, 0.29) is 17.6 Å². The summed E-state index contributed by atoms with van der Waals surface area (Å²) in [5, 5.41) is 9.10. The van der Waals surface area contributed by atoms with Crippen molar-refractivity contribution in [2.24, 2.45) is 11.8 Å². The van der Waals surface area contributed by atoms with Gasteiger partial charge in [-0.05, 0) is 44.7 Å². The Morgan fingerprint density at radius 2 is 1.84 bits per heavy atom. The van der Waals surface area contributed by atoms with E-state index < -0.39 is 5.97 Å². The van der Waals surface area contributed by atoms with Gasteiger partial charge in [-0.25, -0.2) is 0 Å². The Morgan fingerprint density at radius 1 is 1.16 bits per heavy atom. The van der Waals surface area contributed by atoms with E-state index >= 15 is 0 Å². The van der Waals surface area contributed by atoms with Gasteiger partial charge in [0.05, 0.1) is 5.92 Å². The zero-order chi connectivity index (χ0) is 14.0. The quantitative estimate of drug-likeness (QED) is 0.848. The molecule has 3 heteroatoms. The highest BCUT2D eigenvalue weighted by Crippen LogP contribution is 2.32. The molecule has 0 aliphatic heterocycles. The monoisotopic (exact) mass is 260 g/mol. The average Bonchev–Trinajstić information content (AvgIpc) is 2.41. The molecule has 1 aromatic rings. The molecule has 1 aliphatic carbocycles. The first-order valence-corrected chi connectivity index (χ1v) is 6.83. The first-order valence-electron chi connectivity index (χ1n) is 6.83. The van der Waals surface area contributed by atoms with Crippen LogP contribution in [0, 0.1) is 25.7 Å². The maximum atomic E-state index is 12.5. The molecule has 1 N–H and O–H groups in total. The third-order valence-corrected chi connectivity index (χ3v) is 4.05. The van der Waals surface area contributed by atoms with E-state index in [2.05, 4.69) is 0 Å². The molecule has 2 rings (SSSR count). The summed E-state index contributed by atoms with van der Waals surface area (Å²) in [7, 11) is 0. The number of Topliss-reactive ketones (excluding diaryl/α,β-unsaturated/α-hetero) is 1. The largest absolute Gasteiger partial charge is 0.481 e. The minimum absolute atomic E-state index is 0.118. The lowest BCUT2D eigenvalue weighted by atomic mass is 9.77. The summed E-state index contributed by atoms with van der Waals surface area (Å²) in [5.41, 5.74) is 2.81. The summed E-state index contributed by atoms with van der Waals surface area (Å²) < 4.78 is 0. The van der Waals surface area contributed by atoms with Crippen LogP contribution < -0.4 is 0 Å². The minimum atomic E-state index is -0.765. The number of carboxylic acid groups (broad SMARTS) is 1. The van der Waals surface area contributed by atoms with Crippen molar-refractivity contribution in [2.75, 3.05) is 0 Å². The van der Waals surface area contributed by atoms with E-state index in [0.29, 0.717) is 12.8 Å². The predicted octanol–water partition coefficient (Wildman–Crippen LogP) is 3.38. The second-order valence-electron chi connectivity index (χ2n) is 5.58. The van der Waals surface area contributed by atoms with Crippen molar-refractivity contribution in [3.63, 3.8) is 0 Å². The fourth-order valence-electron chi connectivity index (χ4n) is 2.87. The molecule has 0 bridgehead atoms. The van der Waals surface area contributed by atoms with Crippen molar-refractivity contribution < 1.29 is 14.7 Å². The molecule has 0 radical (unpaired) electrons. The molecule has 1 aromatic carbocycles. The molecular weight excluding hydrogens is 240 g/mol. The molecule has 102 valence electrons. The highest BCUT2D eigenvalue weighted by molar-refractivity contribution is 5.99. The molecule has 0 amide bonds. The first-order chi connectivity index (χ1) is 8.99. The van der Waals surface area contributed by atoms with E-state index in [4.69, 9.17) is 5.11 Å². The fourth-order valence-corrected chi connectivity index (χ4v) is 2.87. The van der Waals surface area contributed by atoms with E-state index in [1.807, 2.05) is 32.0 Å². The summed E-state index contributed by atoms with van der Waals surface area (Å²) in [5.74, 6) is -1.13. The van der Waals surface area contributed by atoms with Crippen LogP contribution in [0.1, 0.15) is 47.2 Å². The SMILES string of the molecule is Cc1ccc(C)c(C(=O)[C@@H]2CCC[C@H](C(=O)O)C2)c1. The highest BCUT2D eigenvalue weighted by Gasteiger charge is 2.31. The zero-order valence-corrected chi connectivity index (χ0v) is 11.5. The highest BCUT2D eigenvalue weighted by atomic mass is 16.4. The Balaban J connectivity index is 2.19. The fraction of sp³-hybridized carbons (Fsp3) is 0.500.